The van der Waals surface area contributed by atoms with E-state index in [1.807, 2.05) is 0 Å². The minimum atomic E-state index is -1.93. The molecule has 7 heteroatoms. The molecule has 0 aromatic carbocycles. The van der Waals surface area contributed by atoms with Crippen LogP contribution in [0.4, 0.5) is 0 Å². The first-order chi connectivity index (χ1) is 14.7. The van der Waals surface area contributed by atoms with Crippen LogP contribution in [0, 0.1) is 5.41 Å². The first-order valence-corrected chi connectivity index (χ1v) is 15.5. The summed E-state index contributed by atoms with van der Waals surface area (Å²) in [6, 6.07) is 0. The Kier molecular flexibility index (Phi) is 6.57. The molecule has 1 N–H and O–H groups in total. The molecule has 1 unspecified atom stereocenters. The maximum atomic E-state index is 8.06. The van der Waals surface area contributed by atoms with Crippen LogP contribution in [-0.2, 0) is 10.8 Å². The number of hydrogen-bond donors (Lipinski definition) is 1. The zero-order chi connectivity index (χ0) is 22.2. The van der Waals surface area contributed by atoms with Crippen molar-refractivity contribution in [3.63, 3.8) is 0 Å². The third-order valence-corrected chi connectivity index (χ3v) is 13.2. The molecule has 170 valence electrons. The highest BCUT2D eigenvalue weighted by Crippen LogP contribution is 2.48. The Bertz CT molecular complexity index is 931. The minimum absolute atomic E-state index is 0.138. The van der Waals surface area contributed by atoms with Gasteiger partial charge >= 0.3 is 0 Å². The average Bonchev–Trinajstić information content (AvgIpc) is 3.27. The smallest absolute Gasteiger partial charge is 0.225 e. The molecular weight excluding hydrogens is 422 g/mol. The Balaban J connectivity index is 1.59. The number of aryl methyl sites for hydroxylation is 1. The van der Waals surface area contributed by atoms with Gasteiger partial charge in [0.1, 0.15) is 17.3 Å². The Hall–Kier alpha value is -1.31. The van der Waals surface area contributed by atoms with Crippen LogP contribution in [0.25, 0.3) is 10.2 Å². The summed E-state index contributed by atoms with van der Waals surface area (Å²) in [5.41, 5.74) is 1.37. The summed E-state index contributed by atoms with van der Waals surface area (Å²) < 4.78 is 13.0. The molecular formula is C24H37N3O2SSi. The molecule has 1 saturated carbocycles. The van der Waals surface area contributed by atoms with Crippen molar-refractivity contribution in [2.24, 2.45) is 0 Å². The lowest BCUT2D eigenvalue weighted by Crippen LogP contribution is -2.44. The average molecular weight is 460 g/mol. The number of nitrogens with one attached hydrogen (secondary N) is 1. The maximum Gasteiger partial charge on any atom is 0.225 e. The number of nitrogens with zero attached hydrogens (tertiary/aromatic N) is 2. The molecule has 0 spiro atoms. The highest BCUT2D eigenvalue weighted by atomic mass is 32.1. The first-order valence-electron chi connectivity index (χ1n) is 11.8. The molecule has 2 aromatic heterocycles. The van der Waals surface area contributed by atoms with E-state index in [-0.39, 0.29) is 17.2 Å². The summed E-state index contributed by atoms with van der Waals surface area (Å²) in [6.07, 6.45) is 12.4. The van der Waals surface area contributed by atoms with Crippen molar-refractivity contribution in [2.75, 3.05) is 0 Å². The van der Waals surface area contributed by atoms with Gasteiger partial charge in [0, 0.05) is 11.1 Å². The number of ether oxygens (including phenoxy) is 1. The van der Waals surface area contributed by atoms with Crippen molar-refractivity contribution in [3.8, 4) is 5.88 Å². The zero-order valence-electron chi connectivity index (χ0n) is 19.7. The van der Waals surface area contributed by atoms with Crippen LogP contribution in [0.3, 0.4) is 0 Å². The molecule has 0 saturated heterocycles. The van der Waals surface area contributed by atoms with Crippen LogP contribution in [0.1, 0.15) is 82.1 Å². The molecule has 5 nitrogen and oxygen atoms in total. The van der Waals surface area contributed by atoms with Gasteiger partial charge in [-0.25, -0.2) is 9.97 Å². The van der Waals surface area contributed by atoms with E-state index in [4.69, 9.17) is 14.6 Å². The normalized spacial score (nSPS) is 21.3. The molecule has 0 bridgehead atoms. The number of aromatic nitrogens is 2. The Labute approximate surface area is 191 Å². The van der Waals surface area contributed by atoms with Gasteiger partial charge in [-0.1, -0.05) is 27.2 Å². The molecule has 31 heavy (non-hydrogen) atoms. The van der Waals surface area contributed by atoms with Crippen LogP contribution in [0.2, 0.25) is 18.1 Å². The van der Waals surface area contributed by atoms with E-state index >= 15 is 0 Å². The SMILES string of the molecule is CC(C)(C)[Si](C)(C)OC(C=N)C[C@H]1CCc2sc3ncnc(OC4CCCCC4)c3c21. The third-order valence-electron chi connectivity index (χ3n) is 7.48. The standard InChI is InChI=1S/C24H37N3O2SSi/c1-24(2,3)31(4,5)29-18(14-25)13-16-11-12-19-20(16)21-22(26-15-27-23(21)30-19)28-17-9-7-6-8-10-17/h14-18,25H,6-13H2,1-5H3/t16-,18?/m1/s1. The molecule has 2 heterocycles. The van der Waals surface area contributed by atoms with Crippen molar-refractivity contribution >= 4 is 36.1 Å². The van der Waals surface area contributed by atoms with Crippen LogP contribution in [-0.4, -0.2) is 36.7 Å². The largest absolute Gasteiger partial charge is 0.474 e. The zero-order valence-corrected chi connectivity index (χ0v) is 21.5. The topological polar surface area (TPSA) is 68.1 Å². The molecule has 2 aliphatic carbocycles. The fourth-order valence-corrected chi connectivity index (χ4v) is 7.20. The second-order valence-corrected chi connectivity index (χ2v) is 16.6. The van der Waals surface area contributed by atoms with Crippen LogP contribution < -0.4 is 4.74 Å². The molecule has 0 aliphatic heterocycles. The minimum Gasteiger partial charge on any atom is -0.474 e. The predicted molar refractivity (Wildman–Crippen MR) is 131 cm³/mol. The Morgan fingerprint density at radius 1 is 1.19 bits per heavy atom. The highest BCUT2D eigenvalue weighted by Gasteiger charge is 2.40. The molecule has 1 fully saturated rings. The summed E-state index contributed by atoms with van der Waals surface area (Å²) in [5, 5.41) is 9.33. The van der Waals surface area contributed by atoms with Crippen molar-refractivity contribution in [1.82, 2.24) is 9.97 Å². The Morgan fingerprint density at radius 3 is 2.61 bits per heavy atom. The van der Waals surface area contributed by atoms with Gasteiger partial charge < -0.3 is 14.6 Å². The van der Waals surface area contributed by atoms with E-state index in [9.17, 15) is 0 Å². The lowest BCUT2D eigenvalue weighted by molar-refractivity contribution is 0.150. The van der Waals surface area contributed by atoms with Crippen LogP contribution in [0.5, 0.6) is 5.88 Å². The number of fused-ring (bicyclic) bond motifs is 3. The molecule has 2 atom stereocenters. The van der Waals surface area contributed by atoms with Crippen LogP contribution >= 0.6 is 11.3 Å². The summed E-state index contributed by atoms with van der Waals surface area (Å²) in [6.45, 7) is 11.3. The highest BCUT2D eigenvalue weighted by molar-refractivity contribution is 7.19. The van der Waals surface area contributed by atoms with E-state index in [1.54, 1.807) is 17.7 Å². The lowest BCUT2D eigenvalue weighted by Gasteiger charge is -2.38. The van der Waals surface area contributed by atoms with E-state index in [0.717, 1.165) is 48.2 Å². The predicted octanol–water partition coefficient (Wildman–Crippen LogP) is 6.86. The van der Waals surface area contributed by atoms with Crippen molar-refractivity contribution in [3.05, 3.63) is 16.8 Å². The first kappa shape index (κ1) is 22.9. The Morgan fingerprint density at radius 2 is 1.94 bits per heavy atom. The van der Waals surface area contributed by atoms with E-state index in [0.29, 0.717) is 5.92 Å². The lowest BCUT2D eigenvalue weighted by atomic mass is 9.94. The molecule has 0 amide bonds. The van der Waals surface area contributed by atoms with Gasteiger partial charge in [0.2, 0.25) is 5.88 Å². The molecule has 2 aliphatic rings. The number of thiophene rings is 1. The second kappa shape index (κ2) is 8.91. The van der Waals surface area contributed by atoms with Gasteiger partial charge in [0.05, 0.1) is 11.5 Å². The third kappa shape index (κ3) is 4.74. The van der Waals surface area contributed by atoms with Gasteiger partial charge in [0.25, 0.3) is 0 Å². The maximum absolute atomic E-state index is 8.06. The van der Waals surface area contributed by atoms with Gasteiger partial charge in [-0.2, -0.15) is 0 Å². The van der Waals surface area contributed by atoms with E-state index in [2.05, 4.69) is 43.8 Å². The van der Waals surface area contributed by atoms with Crippen LogP contribution in [0.15, 0.2) is 6.33 Å². The van der Waals surface area contributed by atoms with Gasteiger partial charge in [-0.15, -0.1) is 11.3 Å². The van der Waals surface area contributed by atoms with E-state index in [1.165, 1.54) is 35.9 Å². The molecule has 0 radical (unpaired) electrons. The molecule has 4 rings (SSSR count). The second-order valence-electron chi connectivity index (χ2n) is 10.7. The van der Waals surface area contributed by atoms with Crippen molar-refractivity contribution in [1.29, 1.82) is 5.41 Å². The van der Waals surface area contributed by atoms with Crippen molar-refractivity contribution in [2.45, 2.75) is 108 Å². The summed E-state index contributed by atoms with van der Waals surface area (Å²) in [7, 11) is -1.93. The fraction of sp³-hybridized carbons (Fsp3) is 0.708. The van der Waals surface area contributed by atoms with Crippen molar-refractivity contribution < 1.29 is 9.16 Å². The summed E-state index contributed by atoms with van der Waals surface area (Å²) in [5.74, 6) is 1.15. The van der Waals surface area contributed by atoms with Gasteiger partial charge in [-0.05, 0) is 74.6 Å². The summed E-state index contributed by atoms with van der Waals surface area (Å²) >= 11 is 1.80. The van der Waals surface area contributed by atoms with Gasteiger partial charge in [0.15, 0.2) is 8.32 Å². The molecule has 2 aromatic rings. The number of hydrogen-bond acceptors (Lipinski definition) is 6. The van der Waals surface area contributed by atoms with Gasteiger partial charge in [-0.3, -0.25) is 0 Å². The van der Waals surface area contributed by atoms with E-state index < -0.39 is 8.32 Å². The fourth-order valence-electron chi connectivity index (χ4n) is 4.69. The monoisotopic (exact) mass is 459 g/mol. The summed E-state index contributed by atoms with van der Waals surface area (Å²) in [4.78, 5) is 11.6. The number of rotatable bonds is 7. The quantitative estimate of drug-likeness (QED) is 0.362.